The number of hydrogen-bond acceptors (Lipinski definition) is 3. The summed E-state index contributed by atoms with van der Waals surface area (Å²) in [5.74, 6) is -0.629. The molecule has 2 aromatic carbocycles. The minimum atomic E-state index is -0.527. The number of nitrogens with one attached hydrogen (secondary N) is 1. The Hall–Kier alpha value is -3.18. The maximum Gasteiger partial charge on any atom is 0.263 e. The van der Waals surface area contributed by atoms with Gasteiger partial charge in [0, 0.05) is 22.5 Å². The average Bonchev–Trinajstić information content (AvgIpc) is 2.63. The Morgan fingerprint density at radius 2 is 1.81 bits per heavy atom. The second-order valence-electron chi connectivity index (χ2n) is 6.08. The van der Waals surface area contributed by atoms with Crippen molar-refractivity contribution >= 4 is 29.0 Å². The lowest BCUT2D eigenvalue weighted by Crippen LogP contribution is -2.29. The van der Waals surface area contributed by atoms with E-state index in [1.807, 2.05) is 6.07 Å². The summed E-state index contributed by atoms with van der Waals surface area (Å²) in [4.78, 5) is 36.7. The van der Waals surface area contributed by atoms with E-state index in [9.17, 15) is 14.4 Å². The largest absolute Gasteiger partial charge is 0.322 e. The maximum absolute atomic E-state index is 12.7. The van der Waals surface area contributed by atoms with Gasteiger partial charge in [0.05, 0.1) is 6.54 Å². The summed E-state index contributed by atoms with van der Waals surface area (Å²) >= 11 is 5.98. The van der Waals surface area contributed by atoms with E-state index in [-0.39, 0.29) is 11.3 Å². The van der Waals surface area contributed by atoms with Gasteiger partial charge in [-0.1, -0.05) is 35.9 Å². The van der Waals surface area contributed by atoms with E-state index in [0.717, 1.165) is 5.56 Å². The van der Waals surface area contributed by atoms with Gasteiger partial charge in [-0.15, -0.1) is 0 Å². The molecule has 3 rings (SSSR count). The lowest BCUT2D eigenvalue weighted by atomic mass is 10.1. The average molecular weight is 381 g/mol. The second-order valence-corrected chi connectivity index (χ2v) is 6.51. The van der Waals surface area contributed by atoms with Crippen LogP contribution < -0.4 is 10.9 Å². The van der Waals surface area contributed by atoms with Gasteiger partial charge >= 0.3 is 0 Å². The number of benzene rings is 2. The van der Waals surface area contributed by atoms with Crippen molar-refractivity contribution in [2.45, 2.75) is 13.5 Å². The molecule has 0 aliphatic rings. The molecule has 136 valence electrons. The Balaban J connectivity index is 1.84. The summed E-state index contributed by atoms with van der Waals surface area (Å²) in [7, 11) is 0. The van der Waals surface area contributed by atoms with E-state index < -0.39 is 11.5 Å². The van der Waals surface area contributed by atoms with Crippen molar-refractivity contribution in [3.63, 3.8) is 0 Å². The first kappa shape index (κ1) is 18.6. The molecule has 0 atom stereocenters. The predicted molar refractivity (Wildman–Crippen MR) is 106 cm³/mol. The Morgan fingerprint density at radius 1 is 1.04 bits per heavy atom. The van der Waals surface area contributed by atoms with Gasteiger partial charge in [0.15, 0.2) is 5.78 Å². The number of carbonyl (C=O) groups excluding carboxylic acids is 2. The second kappa shape index (κ2) is 8.01. The lowest BCUT2D eigenvalue weighted by molar-refractivity contribution is 0.101. The van der Waals surface area contributed by atoms with Crippen molar-refractivity contribution in [3.05, 3.63) is 98.9 Å². The molecule has 27 heavy (non-hydrogen) atoms. The molecule has 5 nitrogen and oxygen atoms in total. The van der Waals surface area contributed by atoms with E-state index in [0.29, 0.717) is 22.8 Å². The van der Waals surface area contributed by atoms with Crippen LogP contribution >= 0.6 is 11.6 Å². The van der Waals surface area contributed by atoms with Crippen LogP contribution in [0.4, 0.5) is 5.69 Å². The highest BCUT2D eigenvalue weighted by molar-refractivity contribution is 6.30. The Morgan fingerprint density at radius 3 is 2.56 bits per heavy atom. The number of pyridine rings is 1. The highest BCUT2D eigenvalue weighted by atomic mass is 35.5. The van der Waals surface area contributed by atoms with Crippen LogP contribution in [-0.2, 0) is 6.54 Å². The Bertz CT molecular complexity index is 1070. The molecule has 1 aromatic heterocycles. The molecule has 0 aliphatic heterocycles. The molecule has 0 spiro atoms. The number of anilines is 1. The monoisotopic (exact) mass is 380 g/mol. The third-order valence-corrected chi connectivity index (χ3v) is 4.27. The van der Waals surface area contributed by atoms with Crippen molar-refractivity contribution in [2.24, 2.45) is 0 Å². The van der Waals surface area contributed by atoms with Crippen LogP contribution in [0.1, 0.15) is 33.2 Å². The van der Waals surface area contributed by atoms with Gasteiger partial charge in [0.1, 0.15) is 5.56 Å². The zero-order valence-corrected chi connectivity index (χ0v) is 15.4. The number of Topliss-reactive ketones (excluding diaryl/α,β-unsaturated/α-hetero) is 1. The number of hydrogen-bond donors (Lipinski definition) is 1. The standard InChI is InChI=1S/C21H17ClN2O3/c1-14(25)16-6-3-8-18(12-16)23-20(26)19-9-4-10-24(21(19)27)13-15-5-2-7-17(22)11-15/h2-12H,13H2,1H3,(H,23,26). The first-order valence-electron chi connectivity index (χ1n) is 8.30. The summed E-state index contributed by atoms with van der Waals surface area (Å²) in [6.45, 7) is 1.76. The SMILES string of the molecule is CC(=O)c1cccc(NC(=O)c2cccn(Cc3cccc(Cl)c3)c2=O)c1. The van der Waals surface area contributed by atoms with Crippen molar-refractivity contribution in [3.8, 4) is 0 Å². The van der Waals surface area contributed by atoms with Gasteiger partial charge in [-0.25, -0.2) is 0 Å². The molecule has 0 aliphatic carbocycles. The number of halogens is 1. The predicted octanol–water partition coefficient (Wildman–Crippen LogP) is 4.00. The third kappa shape index (κ3) is 4.51. The summed E-state index contributed by atoms with van der Waals surface area (Å²) in [5, 5.41) is 3.25. The van der Waals surface area contributed by atoms with Gasteiger partial charge in [-0.05, 0) is 48.9 Å². The fraction of sp³-hybridized carbons (Fsp3) is 0.0952. The number of carbonyl (C=O) groups is 2. The number of aromatic nitrogens is 1. The van der Waals surface area contributed by atoms with Crippen LogP contribution in [0.5, 0.6) is 0 Å². The van der Waals surface area contributed by atoms with Gasteiger partial charge in [-0.3, -0.25) is 14.4 Å². The van der Waals surface area contributed by atoms with Crippen LogP contribution in [0.25, 0.3) is 0 Å². The number of amides is 1. The minimum absolute atomic E-state index is 0.0211. The summed E-state index contributed by atoms with van der Waals surface area (Å²) in [6, 6.07) is 16.9. The van der Waals surface area contributed by atoms with E-state index in [1.165, 1.54) is 17.6 Å². The quantitative estimate of drug-likeness (QED) is 0.680. The fourth-order valence-electron chi connectivity index (χ4n) is 2.68. The highest BCUT2D eigenvalue weighted by Crippen LogP contribution is 2.13. The molecular weight excluding hydrogens is 364 g/mol. The van der Waals surface area contributed by atoms with Crippen molar-refractivity contribution in [2.75, 3.05) is 5.32 Å². The van der Waals surface area contributed by atoms with Crippen LogP contribution in [-0.4, -0.2) is 16.3 Å². The van der Waals surface area contributed by atoms with Crippen molar-refractivity contribution in [1.29, 1.82) is 0 Å². The molecule has 0 bridgehead atoms. The zero-order chi connectivity index (χ0) is 19.4. The van der Waals surface area contributed by atoms with Crippen LogP contribution in [0, 0.1) is 0 Å². The van der Waals surface area contributed by atoms with Gasteiger partial charge < -0.3 is 9.88 Å². The Kier molecular flexibility index (Phi) is 5.52. The number of ketones is 1. The van der Waals surface area contributed by atoms with Gasteiger partial charge in [-0.2, -0.15) is 0 Å². The number of rotatable bonds is 5. The van der Waals surface area contributed by atoms with Crippen molar-refractivity contribution < 1.29 is 9.59 Å². The third-order valence-electron chi connectivity index (χ3n) is 4.03. The van der Waals surface area contributed by atoms with E-state index in [4.69, 9.17) is 11.6 Å². The normalized spacial score (nSPS) is 10.4. The smallest absolute Gasteiger partial charge is 0.263 e. The first-order chi connectivity index (χ1) is 12.9. The lowest BCUT2D eigenvalue weighted by Gasteiger charge is -2.10. The summed E-state index contributed by atoms with van der Waals surface area (Å²) in [6.07, 6.45) is 1.62. The molecule has 3 aromatic rings. The highest BCUT2D eigenvalue weighted by Gasteiger charge is 2.13. The molecular formula is C21H17ClN2O3. The van der Waals surface area contributed by atoms with E-state index >= 15 is 0 Å². The molecule has 0 unspecified atom stereocenters. The fourth-order valence-corrected chi connectivity index (χ4v) is 2.89. The molecule has 6 heteroatoms. The molecule has 0 fully saturated rings. The van der Waals surface area contributed by atoms with Crippen LogP contribution in [0.2, 0.25) is 5.02 Å². The minimum Gasteiger partial charge on any atom is -0.322 e. The summed E-state index contributed by atoms with van der Waals surface area (Å²) < 4.78 is 1.45. The summed E-state index contributed by atoms with van der Waals surface area (Å²) in [5.41, 5.74) is 1.42. The van der Waals surface area contributed by atoms with Crippen LogP contribution in [0.3, 0.4) is 0 Å². The molecule has 0 radical (unpaired) electrons. The van der Waals surface area contributed by atoms with Gasteiger partial charge in [0.25, 0.3) is 11.5 Å². The van der Waals surface area contributed by atoms with E-state index in [2.05, 4.69) is 5.32 Å². The topological polar surface area (TPSA) is 68.2 Å². The molecule has 1 amide bonds. The van der Waals surface area contributed by atoms with Crippen LogP contribution in [0.15, 0.2) is 71.7 Å². The molecule has 0 saturated heterocycles. The zero-order valence-electron chi connectivity index (χ0n) is 14.6. The molecule has 1 N–H and O–H groups in total. The van der Waals surface area contributed by atoms with E-state index in [1.54, 1.807) is 54.7 Å². The first-order valence-corrected chi connectivity index (χ1v) is 8.68. The molecule has 1 heterocycles. The number of nitrogens with zero attached hydrogens (tertiary/aromatic N) is 1. The Labute approximate surface area is 161 Å². The molecule has 0 saturated carbocycles. The van der Waals surface area contributed by atoms with Crippen molar-refractivity contribution in [1.82, 2.24) is 4.57 Å². The van der Waals surface area contributed by atoms with Gasteiger partial charge in [0.2, 0.25) is 0 Å². The maximum atomic E-state index is 12.7.